The van der Waals surface area contributed by atoms with Crippen LogP contribution in [0.25, 0.3) is 0 Å². The van der Waals surface area contributed by atoms with Gasteiger partial charge in [-0.05, 0) is 24.1 Å². The number of benzene rings is 1. The number of carbonyl (C=O) groups excluding carboxylic acids is 2. The number of hydrogen-bond donors (Lipinski definition) is 2. The standard InChI is InChI=1S/C13H17ClN2O2/c1-2-3-12(17)16-11-6-4-10(5-7-11)9-15-13(18)8-14/h4-7H,2-3,8-9H2,1H3,(H,15,18)(H,16,17). The molecule has 0 spiro atoms. The van der Waals surface area contributed by atoms with E-state index in [0.717, 1.165) is 17.7 Å². The molecule has 0 radical (unpaired) electrons. The first-order valence-corrected chi connectivity index (χ1v) is 6.40. The van der Waals surface area contributed by atoms with Gasteiger partial charge in [0.25, 0.3) is 0 Å². The smallest absolute Gasteiger partial charge is 0.235 e. The Balaban J connectivity index is 2.47. The zero-order valence-electron chi connectivity index (χ0n) is 10.3. The Morgan fingerprint density at radius 2 is 1.83 bits per heavy atom. The molecule has 0 aliphatic rings. The summed E-state index contributed by atoms with van der Waals surface area (Å²) < 4.78 is 0. The maximum atomic E-state index is 11.4. The number of halogens is 1. The largest absolute Gasteiger partial charge is 0.351 e. The number of hydrogen-bond acceptors (Lipinski definition) is 2. The second kappa shape index (κ2) is 7.71. The normalized spacial score (nSPS) is 9.89. The van der Waals surface area contributed by atoms with Crippen LogP contribution >= 0.6 is 11.6 Å². The third-order valence-corrected chi connectivity index (χ3v) is 2.57. The van der Waals surface area contributed by atoms with Crippen molar-refractivity contribution in [1.82, 2.24) is 5.32 Å². The van der Waals surface area contributed by atoms with Crippen molar-refractivity contribution in [1.29, 1.82) is 0 Å². The van der Waals surface area contributed by atoms with Gasteiger partial charge < -0.3 is 10.6 Å². The van der Waals surface area contributed by atoms with Gasteiger partial charge in [-0.25, -0.2) is 0 Å². The fourth-order valence-electron chi connectivity index (χ4n) is 1.40. The molecule has 18 heavy (non-hydrogen) atoms. The Kier molecular flexibility index (Phi) is 6.22. The molecule has 0 fully saturated rings. The molecule has 0 heterocycles. The molecular formula is C13H17ClN2O2. The summed E-state index contributed by atoms with van der Waals surface area (Å²) in [7, 11) is 0. The van der Waals surface area contributed by atoms with Crippen molar-refractivity contribution >= 4 is 29.1 Å². The Morgan fingerprint density at radius 1 is 1.17 bits per heavy atom. The van der Waals surface area contributed by atoms with Crippen LogP contribution in [0, 0.1) is 0 Å². The van der Waals surface area contributed by atoms with Crippen LogP contribution in [0.1, 0.15) is 25.3 Å². The summed E-state index contributed by atoms with van der Waals surface area (Å²) in [5.41, 5.74) is 1.72. The Hall–Kier alpha value is -1.55. The molecule has 98 valence electrons. The van der Waals surface area contributed by atoms with E-state index in [-0.39, 0.29) is 17.7 Å². The minimum Gasteiger partial charge on any atom is -0.351 e. The Morgan fingerprint density at radius 3 is 2.39 bits per heavy atom. The van der Waals surface area contributed by atoms with Crippen LogP contribution < -0.4 is 10.6 Å². The Labute approximate surface area is 112 Å². The van der Waals surface area contributed by atoms with Crippen LogP contribution in [0.3, 0.4) is 0 Å². The van der Waals surface area contributed by atoms with E-state index in [1.54, 1.807) is 0 Å². The molecule has 0 bridgehead atoms. The van der Waals surface area contributed by atoms with Crippen molar-refractivity contribution < 1.29 is 9.59 Å². The van der Waals surface area contributed by atoms with Crippen molar-refractivity contribution in [2.24, 2.45) is 0 Å². The molecule has 1 aromatic carbocycles. The molecule has 0 aliphatic carbocycles. The van der Waals surface area contributed by atoms with E-state index < -0.39 is 0 Å². The molecule has 2 amide bonds. The zero-order chi connectivity index (χ0) is 13.4. The van der Waals surface area contributed by atoms with Gasteiger partial charge in [-0.15, -0.1) is 11.6 Å². The van der Waals surface area contributed by atoms with E-state index >= 15 is 0 Å². The maximum Gasteiger partial charge on any atom is 0.235 e. The summed E-state index contributed by atoms with van der Waals surface area (Å²) in [6, 6.07) is 7.34. The highest BCUT2D eigenvalue weighted by Gasteiger charge is 2.01. The van der Waals surface area contributed by atoms with Gasteiger partial charge in [-0.2, -0.15) is 0 Å². The van der Waals surface area contributed by atoms with Crippen molar-refractivity contribution in [3.05, 3.63) is 29.8 Å². The van der Waals surface area contributed by atoms with E-state index in [9.17, 15) is 9.59 Å². The number of rotatable bonds is 6. The third-order valence-electron chi connectivity index (χ3n) is 2.33. The topological polar surface area (TPSA) is 58.2 Å². The molecule has 0 saturated heterocycles. The van der Waals surface area contributed by atoms with Gasteiger partial charge in [0.15, 0.2) is 0 Å². The second-order valence-electron chi connectivity index (χ2n) is 3.91. The van der Waals surface area contributed by atoms with Gasteiger partial charge >= 0.3 is 0 Å². The van der Waals surface area contributed by atoms with Crippen molar-refractivity contribution in [3.8, 4) is 0 Å². The van der Waals surface area contributed by atoms with Gasteiger partial charge in [-0.3, -0.25) is 9.59 Å². The van der Waals surface area contributed by atoms with E-state index in [4.69, 9.17) is 11.6 Å². The molecule has 0 aliphatic heterocycles. The van der Waals surface area contributed by atoms with Crippen LogP contribution in [0.5, 0.6) is 0 Å². The number of carbonyl (C=O) groups is 2. The fourth-order valence-corrected chi connectivity index (χ4v) is 1.50. The summed E-state index contributed by atoms with van der Waals surface area (Å²) in [6.07, 6.45) is 1.35. The number of alkyl halides is 1. The van der Waals surface area contributed by atoms with Crippen LogP contribution in [0.2, 0.25) is 0 Å². The van der Waals surface area contributed by atoms with Crippen molar-refractivity contribution in [2.75, 3.05) is 11.2 Å². The average Bonchev–Trinajstić information content (AvgIpc) is 2.37. The minimum absolute atomic E-state index is 0.0145. The monoisotopic (exact) mass is 268 g/mol. The average molecular weight is 269 g/mol. The lowest BCUT2D eigenvalue weighted by atomic mass is 10.2. The van der Waals surface area contributed by atoms with E-state index in [1.165, 1.54) is 0 Å². The van der Waals surface area contributed by atoms with Gasteiger partial charge in [0.2, 0.25) is 11.8 Å². The molecule has 1 rings (SSSR count). The molecule has 5 heteroatoms. The summed E-state index contributed by atoms with van der Waals surface area (Å²) in [5, 5.41) is 5.47. The number of nitrogens with one attached hydrogen (secondary N) is 2. The zero-order valence-corrected chi connectivity index (χ0v) is 11.1. The van der Waals surface area contributed by atoms with Crippen LogP contribution in [-0.4, -0.2) is 17.7 Å². The lowest BCUT2D eigenvalue weighted by Crippen LogP contribution is -2.23. The predicted octanol–water partition coefficient (Wildman–Crippen LogP) is 2.28. The molecule has 0 saturated carbocycles. The summed E-state index contributed by atoms with van der Waals surface area (Å²) >= 11 is 5.37. The maximum absolute atomic E-state index is 11.4. The van der Waals surface area contributed by atoms with Crippen LogP contribution in [0.15, 0.2) is 24.3 Å². The first-order valence-electron chi connectivity index (χ1n) is 5.87. The summed E-state index contributed by atoms with van der Waals surface area (Å²) in [6.45, 7) is 2.40. The summed E-state index contributed by atoms with van der Waals surface area (Å²) in [5.74, 6) is -0.219. The summed E-state index contributed by atoms with van der Waals surface area (Å²) in [4.78, 5) is 22.3. The van der Waals surface area contributed by atoms with Gasteiger partial charge in [0.1, 0.15) is 5.88 Å². The quantitative estimate of drug-likeness (QED) is 0.778. The molecule has 0 aromatic heterocycles. The van der Waals surface area contributed by atoms with Gasteiger partial charge in [0, 0.05) is 18.7 Å². The lowest BCUT2D eigenvalue weighted by molar-refractivity contribution is -0.119. The third kappa shape index (κ3) is 5.19. The molecule has 0 atom stereocenters. The van der Waals surface area contributed by atoms with E-state index in [1.807, 2.05) is 31.2 Å². The number of amides is 2. The van der Waals surface area contributed by atoms with E-state index in [2.05, 4.69) is 10.6 Å². The van der Waals surface area contributed by atoms with Crippen molar-refractivity contribution in [3.63, 3.8) is 0 Å². The molecule has 0 unspecified atom stereocenters. The molecule has 2 N–H and O–H groups in total. The Bertz CT molecular complexity index is 404. The molecular weight excluding hydrogens is 252 g/mol. The minimum atomic E-state index is -0.197. The fraction of sp³-hybridized carbons (Fsp3) is 0.385. The predicted molar refractivity (Wildman–Crippen MR) is 72.5 cm³/mol. The highest BCUT2D eigenvalue weighted by molar-refractivity contribution is 6.27. The lowest BCUT2D eigenvalue weighted by Gasteiger charge is -2.06. The first kappa shape index (κ1) is 14.5. The van der Waals surface area contributed by atoms with Gasteiger partial charge in [0.05, 0.1) is 0 Å². The second-order valence-corrected chi connectivity index (χ2v) is 4.17. The van der Waals surface area contributed by atoms with E-state index in [0.29, 0.717) is 13.0 Å². The SMILES string of the molecule is CCCC(=O)Nc1ccc(CNC(=O)CCl)cc1. The first-order chi connectivity index (χ1) is 8.65. The van der Waals surface area contributed by atoms with Crippen molar-refractivity contribution in [2.45, 2.75) is 26.3 Å². The highest BCUT2D eigenvalue weighted by Crippen LogP contribution is 2.10. The van der Waals surface area contributed by atoms with Crippen LogP contribution in [0.4, 0.5) is 5.69 Å². The van der Waals surface area contributed by atoms with Crippen LogP contribution in [-0.2, 0) is 16.1 Å². The molecule has 1 aromatic rings. The van der Waals surface area contributed by atoms with Gasteiger partial charge in [-0.1, -0.05) is 19.1 Å². The highest BCUT2D eigenvalue weighted by atomic mass is 35.5. The molecule has 4 nitrogen and oxygen atoms in total. The number of anilines is 1.